The molecule has 0 radical (unpaired) electrons. The summed E-state index contributed by atoms with van der Waals surface area (Å²) in [5, 5.41) is 4.18. The van der Waals surface area contributed by atoms with E-state index in [1.54, 1.807) is 4.90 Å². The number of hydrogen-bond acceptors (Lipinski definition) is 4. The summed E-state index contributed by atoms with van der Waals surface area (Å²) in [6, 6.07) is 4.90. The van der Waals surface area contributed by atoms with Gasteiger partial charge in [-0.25, -0.2) is 18.7 Å². The maximum absolute atomic E-state index is 13.1. The molecule has 4 rings (SSSR count). The number of amides is 2. The first kappa shape index (κ1) is 17.4. The van der Waals surface area contributed by atoms with Crippen LogP contribution >= 0.6 is 0 Å². The number of carbonyl (C=O) groups excluding carboxylic acids is 2. The van der Waals surface area contributed by atoms with Crippen LogP contribution in [0.25, 0.3) is 0 Å². The number of anilines is 1. The lowest BCUT2D eigenvalue weighted by Gasteiger charge is -2.20. The molecule has 0 saturated carbocycles. The molecule has 1 aromatic heterocycles. The van der Waals surface area contributed by atoms with Crippen molar-refractivity contribution in [1.82, 2.24) is 19.2 Å². The molecule has 8 nitrogen and oxygen atoms in total. The predicted molar refractivity (Wildman–Crippen MR) is 94.9 cm³/mol. The lowest BCUT2D eigenvalue weighted by molar-refractivity contribution is -0.132. The Morgan fingerprint density at radius 2 is 1.70 bits per heavy atom. The predicted octanol–water partition coefficient (Wildman–Crippen LogP) is 1.57. The van der Waals surface area contributed by atoms with Crippen molar-refractivity contribution < 1.29 is 14.0 Å². The van der Waals surface area contributed by atoms with Gasteiger partial charge in [0.2, 0.25) is 5.91 Å². The summed E-state index contributed by atoms with van der Waals surface area (Å²) in [6.45, 7) is 1.32. The average Bonchev–Trinajstić information content (AvgIpc) is 2.99. The van der Waals surface area contributed by atoms with E-state index >= 15 is 0 Å². The van der Waals surface area contributed by atoms with Crippen molar-refractivity contribution in [3.05, 3.63) is 46.4 Å². The summed E-state index contributed by atoms with van der Waals surface area (Å²) in [5.41, 5.74) is -0.138. The van der Waals surface area contributed by atoms with E-state index in [0.717, 1.165) is 34.9 Å². The number of nitrogens with zero attached hydrogens (tertiary/aromatic N) is 5. The second-order valence-electron chi connectivity index (χ2n) is 6.83. The fourth-order valence-electron chi connectivity index (χ4n) is 3.55. The molecule has 0 atom stereocenters. The van der Waals surface area contributed by atoms with E-state index in [1.807, 2.05) is 0 Å². The minimum atomic E-state index is -0.622. The number of aromatic nitrogens is 3. The highest BCUT2D eigenvalue weighted by Gasteiger charge is 2.34. The molecular formula is C18H20FN5O3. The maximum Gasteiger partial charge on any atom is 0.354 e. The Balaban J connectivity index is 1.52. The van der Waals surface area contributed by atoms with Crippen LogP contribution in [0, 0.1) is 5.82 Å². The van der Waals surface area contributed by atoms with Gasteiger partial charge >= 0.3 is 11.7 Å². The first-order chi connectivity index (χ1) is 13.0. The topological polar surface area (TPSA) is 80.4 Å². The van der Waals surface area contributed by atoms with Gasteiger partial charge in [-0.3, -0.25) is 9.69 Å². The van der Waals surface area contributed by atoms with Crippen LogP contribution in [-0.2, 0) is 17.9 Å². The smallest absolute Gasteiger partial charge is 0.341 e. The Hall–Kier alpha value is -2.97. The summed E-state index contributed by atoms with van der Waals surface area (Å²) in [7, 11) is 0. The van der Waals surface area contributed by atoms with Crippen molar-refractivity contribution in [3.63, 3.8) is 0 Å². The zero-order chi connectivity index (χ0) is 19.0. The third-order valence-electron chi connectivity index (χ3n) is 5.01. The molecule has 0 spiro atoms. The van der Waals surface area contributed by atoms with Crippen LogP contribution in [-0.4, -0.2) is 44.3 Å². The molecule has 2 amide bonds. The van der Waals surface area contributed by atoms with Crippen molar-refractivity contribution in [2.45, 2.75) is 38.8 Å². The molecule has 0 N–H and O–H groups in total. The number of rotatable bonds is 3. The van der Waals surface area contributed by atoms with Gasteiger partial charge in [0, 0.05) is 18.8 Å². The lowest BCUT2D eigenvalue weighted by Crippen LogP contribution is -2.39. The van der Waals surface area contributed by atoms with Gasteiger partial charge < -0.3 is 4.90 Å². The van der Waals surface area contributed by atoms with E-state index in [9.17, 15) is 18.8 Å². The van der Waals surface area contributed by atoms with Crippen LogP contribution < -0.4 is 10.6 Å². The molecule has 2 aliphatic rings. The fraction of sp³-hybridized carbons (Fsp3) is 0.444. The van der Waals surface area contributed by atoms with Crippen molar-refractivity contribution >= 4 is 17.6 Å². The SMILES string of the molecule is O=C(Cn1nc2n(c1=O)C(=O)N(c1ccc(F)cc1)C2)N1CCCCCC1. The zero-order valence-electron chi connectivity index (χ0n) is 14.8. The van der Waals surface area contributed by atoms with Crippen molar-refractivity contribution in [2.75, 3.05) is 18.0 Å². The van der Waals surface area contributed by atoms with Crippen LogP contribution in [0.15, 0.2) is 29.1 Å². The zero-order valence-corrected chi connectivity index (χ0v) is 14.8. The number of benzene rings is 1. The molecule has 3 heterocycles. The molecule has 2 aromatic rings. The molecule has 0 unspecified atom stereocenters. The minimum absolute atomic E-state index is 0.102. The van der Waals surface area contributed by atoms with Crippen LogP contribution in [0.1, 0.15) is 31.5 Å². The van der Waals surface area contributed by atoms with E-state index in [4.69, 9.17) is 0 Å². The van der Waals surface area contributed by atoms with Gasteiger partial charge in [0.1, 0.15) is 12.4 Å². The molecule has 9 heteroatoms. The summed E-state index contributed by atoms with van der Waals surface area (Å²) in [5.74, 6) is -0.283. The summed E-state index contributed by atoms with van der Waals surface area (Å²) in [6.07, 6.45) is 4.14. The van der Waals surface area contributed by atoms with Gasteiger partial charge in [0.05, 0.1) is 6.54 Å². The van der Waals surface area contributed by atoms with E-state index < -0.39 is 17.5 Å². The molecule has 2 aliphatic heterocycles. The number of halogens is 1. The Labute approximate surface area is 154 Å². The Kier molecular flexibility index (Phi) is 4.51. The molecule has 142 valence electrons. The van der Waals surface area contributed by atoms with Gasteiger partial charge in [-0.15, -0.1) is 0 Å². The molecular weight excluding hydrogens is 353 g/mol. The monoisotopic (exact) mass is 373 g/mol. The van der Waals surface area contributed by atoms with Crippen molar-refractivity contribution in [2.24, 2.45) is 0 Å². The lowest BCUT2D eigenvalue weighted by atomic mass is 10.2. The summed E-state index contributed by atoms with van der Waals surface area (Å²) in [4.78, 5) is 40.8. The molecule has 1 aromatic carbocycles. The standard InChI is InChI=1S/C18H20FN5O3/c19-13-5-7-14(8-6-13)22-11-15-20-23(18(27)24(15)17(22)26)12-16(25)21-9-3-1-2-4-10-21/h5-8H,1-4,9-12H2. The van der Waals surface area contributed by atoms with Crippen LogP contribution in [0.4, 0.5) is 14.9 Å². The van der Waals surface area contributed by atoms with E-state index in [-0.39, 0.29) is 24.8 Å². The largest absolute Gasteiger partial charge is 0.354 e. The Morgan fingerprint density at radius 3 is 2.33 bits per heavy atom. The molecule has 27 heavy (non-hydrogen) atoms. The van der Waals surface area contributed by atoms with Crippen molar-refractivity contribution in [1.29, 1.82) is 0 Å². The van der Waals surface area contributed by atoms with Crippen molar-refractivity contribution in [3.8, 4) is 0 Å². The first-order valence-electron chi connectivity index (χ1n) is 9.08. The second-order valence-corrected chi connectivity index (χ2v) is 6.83. The molecule has 1 saturated heterocycles. The summed E-state index contributed by atoms with van der Waals surface area (Å²) < 4.78 is 15.1. The van der Waals surface area contributed by atoms with Gasteiger partial charge in [0.25, 0.3) is 0 Å². The van der Waals surface area contributed by atoms with E-state index in [0.29, 0.717) is 18.8 Å². The Morgan fingerprint density at radius 1 is 1.04 bits per heavy atom. The number of fused-ring (bicyclic) bond motifs is 1. The minimum Gasteiger partial charge on any atom is -0.341 e. The third-order valence-corrected chi connectivity index (χ3v) is 5.01. The molecule has 1 fully saturated rings. The number of carbonyl (C=O) groups is 2. The second kappa shape index (κ2) is 6.98. The maximum atomic E-state index is 13.1. The quantitative estimate of drug-likeness (QED) is 0.818. The number of hydrogen-bond donors (Lipinski definition) is 0. The highest BCUT2D eigenvalue weighted by Crippen LogP contribution is 2.22. The number of likely N-dealkylation sites (tertiary alicyclic amines) is 1. The van der Waals surface area contributed by atoms with Crippen LogP contribution in [0.5, 0.6) is 0 Å². The highest BCUT2D eigenvalue weighted by atomic mass is 19.1. The van der Waals surface area contributed by atoms with Crippen LogP contribution in [0.3, 0.4) is 0 Å². The van der Waals surface area contributed by atoms with Gasteiger partial charge in [0.15, 0.2) is 5.82 Å². The van der Waals surface area contributed by atoms with Gasteiger partial charge in [-0.2, -0.15) is 9.67 Å². The van der Waals surface area contributed by atoms with E-state index in [1.165, 1.54) is 29.2 Å². The fourth-order valence-corrected chi connectivity index (χ4v) is 3.55. The van der Waals surface area contributed by atoms with Crippen LogP contribution in [0.2, 0.25) is 0 Å². The average molecular weight is 373 g/mol. The normalized spacial score (nSPS) is 17.1. The molecule has 0 bridgehead atoms. The van der Waals surface area contributed by atoms with Gasteiger partial charge in [-0.1, -0.05) is 12.8 Å². The molecule has 0 aliphatic carbocycles. The Bertz CT molecular complexity index is 925. The van der Waals surface area contributed by atoms with E-state index in [2.05, 4.69) is 5.10 Å². The highest BCUT2D eigenvalue weighted by molar-refractivity contribution is 5.96. The summed E-state index contributed by atoms with van der Waals surface area (Å²) >= 11 is 0. The third kappa shape index (κ3) is 3.24. The first-order valence-corrected chi connectivity index (χ1v) is 9.08. The van der Waals surface area contributed by atoms with Gasteiger partial charge in [-0.05, 0) is 37.1 Å².